The van der Waals surface area contributed by atoms with Crippen molar-refractivity contribution in [2.24, 2.45) is 0 Å². The molecule has 13 heteroatoms. The minimum atomic E-state index is -1.31. The molecule has 31 heavy (non-hydrogen) atoms. The number of β-lactam (4-membered cyclic amide) rings is 1. The smallest absolute Gasteiger partial charge is 0.548 e. The van der Waals surface area contributed by atoms with E-state index >= 15 is 0 Å². The van der Waals surface area contributed by atoms with Crippen LogP contribution in [0.4, 0.5) is 5.13 Å². The second kappa shape index (κ2) is 9.70. The third-order valence-electron chi connectivity index (χ3n) is 4.73. The molecule has 3 N–H and O–H groups in total. The number of nitrogens with two attached hydrogens (primary N) is 1. The molecule has 2 fully saturated rings. The number of rotatable bonds is 5. The average Bonchev–Trinajstić information content (AvgIpc) is 3.30. The SMILES string of the molecule is Nc1nc(C(=Cc2c(Cl)cccc2Cl)C(=O)NC2C(=O)N3C(C(=O)[O-])CS[C@H]23)cs1.[Na+]. The van der Waals surface area contributed by atoms with Gasteiger partial charge in [-0.3, -0.25) is 9.59 Å². The van der Waals surface area contributed by atoms with Gasteiger partial charge in [-0.05, 0) is 18.2 Å². The van der Waals surface area contributed by atoms with Gasteiger partial charge in [0.05, 0.1) is 23.3 Å². The average molecular weight is 507 g/mol. The predicted octanol–water partition coefficient (Wildman–Crippen LogP) is -1.90. The van der Waals surface area contributed by atoms with Crippen molar-refractivity contribution in [2.45, 2.75) is 17.5 Å². The van der Waals surface area contributed by atoms with Crippen molar-refractivity contribution in [3.8, 4) is 0 Å². The van der Waals surface area contributed by atoms with Crippen molar-refractivity contribution in [3.05, 3.63) is 44.9 Å². The Bertz CT molecular complexity index is 1080. The van der Waals surface area contributed by atoms with Crippen molar-refractivity contribution in [2.75, 3.05) is 11.5 Å². The third-order valence-corrected chi connectivity index (χ3v) is 7.41. The number of fused-ring (bicyclic) bond motifs is 1. The molecule has 0 saturated carbocycles. The van der Waals surface area contributed by atoms with Crippen LogP contribution in [-0.4, -0.2) is 50.9 Å². The van der Waals surface area contributed by atoms with Gasteiger partial charge in [0.2, 0.25) is 5.91 Å². The van der Waals surface area contributed by atoms with Gasteiger partial charge in [-0.15, -0.1) is 23.1 Å². The van der Waals surface area contributed by atoms with Gasteiger partial charge in [-0.2, -0.15) is 0 Å². The van der Waals surface area contributed by atoms with Crippen LogP contribution in [0.1, 0.15) is 11.3 Å². The topological polar surface area (TPSA) is 128 Å². The number of thioether (sulfide) groups is 1. The van der Waals surface area contributed by atoms with E-state index in [1.54, 1.807) is 23.6 Å². The molecule has 2 aliphatic heterocycles. The number of nitrogens with zero attached hydrogens (tertiary/aromatic N) is 2. The number of aromatic nitrogens is 1. The van der Waals surface area contributed by atoms with Crippen LogP contribution in [0.2, 0.25) is 10.0 Å². The molecule has 8 nitrogen and oxygen atoms in total. The van der Waals surface area contributed by atoms with Gasteiger partial charge in [0.25, 0.3) is 5.91 Å². The van der Waals surface area contributed by atoms with E-state index in [4.69, 9.17) is 28.9 Å². The molecule has 0 spiro atoms. The molecular formula is C18H13Cl2N4NaO4S2. The number of carboxylic acids is 1. The molecule has 3 heterocycles. The summed E-state index contributed by atoms with van der Waals surface area (Å²) in [4.78, 5) is 42.1. The number of hydrogen-bond acceptors (Lipinski definition) is 8. The molecule has 1 aromatic carbocycles. The molecule has 0 bridgehead atoms. The van der Waals surface area contributed by atoms with Gasteiger partial charge in [0.15, 0.2) is 5.13 Å². The van der Waals surface area contributed by atoms with E-state index in [1.807, 2.05) is 0 Å². The van der Waals surface area contributed by atoms with Gasteiger partial charge in [0.1, 0.15) is 11.4 Å². The van der Waals surface area contributed by atoms with Gasteiger partial charge in [0, 0.05) is 26.7 Å². The summed E-state index contributed by atoms with van der Waals surface area (Å²) < 4.78 is 0. The second-order valence-electron chi connectivity index (χ2n) is 6.52. The maximum atomic E-state index is 13.1. The van der Waals surface area contributed by atoms with Gasteiger partial charge >= 0.3 is 29.6 Å². The van der Waals surface area contributed by atoms with E-state index < -0.39 is 35.2 Å². The molecule has 2 aromatic rings. The summed E-state index contributed by atoms with van der Waals surface area (Å²) in [5, 5.41) is 15.9. The molecule has 2 amide bonds. The zero-order valence-corrected chi connectivity index (χ0v) is 21.1. The number of halogens is 2. The van der Waals surface area contributed by atoms with Gasteiger partial charge < -0.3 is 25.9 Å². The molecule has 4 rings (SSSR count). The number of benzene rings is 1. The summed E-state index contributed by atoms with van der Waals surface area (Å²) in [7, 11) is 0. The van der Waals surface area contributed by atoms with E-state index in [9.17, 15) is 19.5 Å². The first-order chi connectivity index (χ1) is 14.3. The Kier molecular flexibility index (Phi) is 7.62. The second-order valence-corrected chi connectivity index (χ2v) is 9.37. The summed E-state index contributed by atoms with van der Waals surface area (Å²) in [6.45, 7) is 0. The number of nitrogens with one attached hydrogen (secondary N) is 1. The van der Waals surface area contributed by atoms with Crippen molar-refractivity contribution in [1.82, 2.24) is 15.2 Å². The Morgan fingerprint density at radius 2 is 2.00 bits per heavy atom. The van der Waals surface area contributed by atoms with Gasteiger partial charge in [-0.1, -0.05) is 29.3 Å². The molecule has 3 atom stereocenters. The van der Waals surface area contributed by atoms with Crippen LogP contribution in [0.3, 0.4) is 0 Å². The summed E-state index contributed by atoms with van der Waals surface area (Å²) in [5.41, 5.74) is 6.57. The van der Waals surface area contributed by atoms with Crippen molar-refractivity contribution in [1.29, 1.82) is 0 Å². The van der Waals surface area contributed by atoms with E-state index in [1.165, 1.54) is 22.7 Å². The Hall–Kier alpha value is -1.27. The number of carbonyl (C=O) groups is 3. The van der Waals surface area contributed by atoms with E-state index in [0.717, 1.165) is 11.3 Å². The Morgan fingerprint density at radius 3 is 2.58 bits per heavy atom. The number of carboxylic acid groups (broad SMARTS) is 1. The van der Waals surface area contributed by atoms with E-state index in [2.05, 4.69) is 10.3 Å². The molecule has 1 aromatic heterocycles. The largest absolute Gasteiger partial charge is 1.00 e. The van der Waals surface area contributed by atoms with Crippen LogP contribution in [0.25, 0.3) is 11.6 Å². The van der Waals surface area contributed by atoms with Crippen molar-refractivity contribution in [3.63, 3.8) is 0 Å². The third kappa shape index (κ3) is 4.61. The zero-order chi connectivity index (χ0) is 21.6. The van der Waals surface area contributed by atoms with Gasteiger partial charge in [-0.25, -0.2) is 4.98 Å². The fourth-order valence-corrected chi connectivity index (χ4v) is 5.79. The molecular weight excluding hydrogens is 494 g/mol. The maximum Gasteiger partial charge on any atom is 1.00 e. The van der Waals surface area contributed by atoms with Crippen LogP contribution in [0.15, 0.2) is 23.6 Å². The summed E-state index contributed by atoms with van der Waals surface area (Å²) in [6.07, 6.45) is 1.49. The number of aliphatic carboxylic acids is 1. The quantitative estimate of drug-likeness (QED) is 0.275. The van der Waals surface area contributed by atoms with Crippen LogP contribution >= 0.6 is 46.3 Å². The van der Waals surface area contributed by atoms with E-state index in [0.29, 0.717) is 21.3 Å². The number of carbonyl (C=O) groups excluding carboxylic acids is 3. The standard InChI is InChI=1S/C18H14Cl2N4O4S2.Na/c19-9-2-1-3-10(20)7(9)4-8(11-5-30-18(21)22-11)14(25)23-13-15(26)24-12(17(27)28)6-29-16(13)24;/h1-5,12-13,16H,6H2,(H2,21,22)(H,23,25)(H,27,28);/q;+1/p-1/t12?,13?,16-;/m1./s1. The monoisotopic (exact) mass is 506 g/mol. The molecule has 0 aliphatic carbocycles. The summed E-state index contributed by atoms with van der Waals surface area (Å²) in [6, 6.07) is 3.10. The number of thiazole rings is 1. The summed E-state index contributed by atoms with van der Waals surface area (Å²) >= 11 is 14.9. The fourth-order valence-electron chi connectivity index (χ4n) is 3.26. The first kappa shape index (κ1) is 24.4. The van der Waals surface area contributed by atoms with Crippen LogP contribution in [-0.2, 0) is 14.4 Å². The predicted molar refractivity (Wildman–Crippen MR) is 115 cm³/mol. The number of nitrogen functional groups attached to an aromatic ring is 1. The number of amides is 2. The summed E-state index contributed by atoms with van der Waals surface area (Å²) in [5.74, 6) is -2.15. The van der Waals surface area contributed by atoms with Crippen molar-refractivity contribution >= 4 is 80.9 Å². The molecule has 156 valence electrons. The van der Waals surface area contributed by atoms with Crippen LogP contribution in [0, 0.1) is 0 Å². The Balaban J connectivity index is 0.00000272. The Labute approximate surface area is 217 Å². The number of hydrogen-bond donors (Lipinski definition) is 2. The van der Waals surface area contributed by atoms with Crippen molar-refractivity contribution < 1.29 is 49.0 Å². The van der Waals surface area contributed by atoms with E-state index in [-0.39, 0.29) is 46.0 Å². The fraction of sp³-hybridized carbons (Fsp3) is 0.222. The molecule has 2 saturated heterocycles. The first-order valence-electron chi connectivity index (χ1n) is 8.60. The normalized spacial score (nSPS) is 22.4. The van der Waals surface area contributed by atoms with Crippen LogP contribution < -0.4 is 45.7 Å². The molecule has 2 unspecified atom stereocenters. The first-order valence-corrected chi connectivity index (χ1v) is 11.3. The minimum absolute atomic E-state index is 0. The molecule has 0 radical (unpaired) electrons. The van der Waals surface area contributed by atoms with Crippen LogP contribution in [0.5, 0.6) is 0 Å². The number of anilines is 1. The zero-order valence-electron chi connectivity index (χ0n) is 16.0. The molecule has 2 aliphatic rings. The maximum absolute atomic E-state index is 13.1. The Morgan fingerprint density at radius 1 is 1.32 bits per heavy atom. The minimum Gasteiger partial charge on any atom is -0.548 e.